The summed E-state index contributed by atoms with van der Waals surface area (Å²) < 4.78 is 34.0. The highest BCUT2D eigenvalue weighted by molar-refractivity contribution is 7.89. The highest BCUT2D eigenvalue weighted by atomic mass is 32.2. The Morgan fingerprint density at radius 1 is 1.26 bits per heavy atom. The Labute approximate surface area is 226 Å². The van der Waals surface area contributed by atoms with Crippen molar-refractivity contribution in [2.24, 2.45) is 4.99 Å². The second-order valence-electron chi connectivity index (χ2n) is 9.44. The number of benzene rings is 1. The molecule has 1 aromatic carbocycles. The molecule has 1 amide bonds. The van der Waals surface area contributed by atoms with Gasteiger partial charge in [0, 0.05) is 42.2 Å². The van der Waals surface area contributed by atoms with Crippen LogP contribution < -0.4 is 20.7 Å². The van der Waals surface area contributed by atoms with E-state index in [1.54, 1.807) is 37.4 Å². The number of nitrogens with zero attached hydrogens (tertiary/aromatic N) is 2. The van der Waals surface area contributed by atoms with E-state index < -0.39 is 16.4 Å². The minimum atomic E-state index is -3.79. The van der Waals surface area contributed by atoms with Gasteiger partial charge in [-0.2, -0.15) is 0 Å². The predicted octanol–water partition coefficient (Wildman–Crippen LogP) is 3.47. The van der Waals surface area contributed by atoms with Crippen LogP contribution in [-0.2, 0) is 14.8 Å². The number of amides is 1. The van der Waals surface area contributed by atoms with Gasteiger partial charge < -0.3 is 25.8 Å². The van der Waals surface area contributed by atoms with Crippen LogP contribution in [0.2, 0.25) is 0 Å². The number of thiazole rings is 1. The molecule has 1 aliphatic carbocycles. The second-order valence-corrected chi connectivity index (χ2v) is 12.2. The first-order valence-electron chi connectivity index (χ1n) is 12.7. The van der Waals surface area contributed by atoms with Gasteiger partial charge in [0.2, 0.25) is 16.4 Å². The minimum absolute atomic E-state index is 0.0787. The highest BCUT2D eigenvalue weighted by Crippen LogP contribution is 2.40. The normalized spacial score (nSPS) is 21.5. The van der Waals surface area contributed by atoms with Crippen molar-refractivity contribution in [3.8, 4) is 10.4 Å². The average Bonchev–Trinajstić information content (AvgIpc) is 3.34. The quantitative estimate of drug-likeness (QED) is 0.311. The molecule has 1 atom stereocenters. The molecule has 13 heteroatoms. The first-order valence-corrected chi connectivity index (χ1v) is 15.0. The standard InChI is InChI=1S/C25H34N6O5S2/c1-4-28-38(34,35)21-13-18(29-22-11-12-26-24(32)31-22)9-10-19(21)20-14-27-23(37-20)16-5-7-17(8-6-16)30-25(33)36-15(2)3/h9-17,24,28-29,31-32H,4-8H2,1-3H3,(H,30,33). The van der Waals surface area contributed by atoms with Gasteiger partial charge in [0.15, 0.2) is 0 Å². The van der Waals surface area contributed by atoms with E-state index in [0.29, 0.717) is 17.1 Å². The number of hydrogen-bond donors (Lipinski definition) is 5. The maximum atomic E-state index is 13.1. The summed E-state index contributed by atoms with van der Waals surface area (Å²) in [5.41, 5.74) is 1.11. The Bertz CT molecular complexity index is 1300. The number of allylic oxidation sites excluding steroid dienone is 1. The van der Waals surface area contributed by atoms with Crippen LogP contribution in [0.5, 0.6) is 0 Å². The van der Waals surface area contributed by atoms with E-state index in [4.69, 9.17) is 4.74 Å². The molecule has 0 saturated heterocycles. The lowest BCUT2D eigenvalue weighted by molar-refractivity contribution is 0.109. The summed E-state index contributed by atoms with van der Waals surface area (Å²) in [7, 11) is -3.79. The summed E-state index contributed by atoms with van der Waals surface area (Å²) in [6.45, 7) is 5.63. The Kier molecular flexibility index (Phi) is 9.03. The molecule has 1 fully saturated rings. The third-order valence-electron chi connectivity index (χ3n) is 6.17. The smallest absolute Gasteiger partial charge is 0.407 e. The molecule has 0 spiro atoms. The number of nitrogens with one attached hydrogen (secondary N) is 4. The van der Waals surface area contributed by atoms with E-state index in [9.17, 15) is 18.3 Å². The zero-order chi connectivity index (χ0) is 27.3. The monoisotopic (exact) mass is 562 g/mol. The molecule has 1 aliphatic heterocycles. The number of aromatic nitrogens is 1. The van der Waals surface area contributed by atoms with Crippen LogP contribution in [0, 0.1) is 0 Å². The number of carbonyl (C=O) groups excluding carboxylic acids is 1. The van der Waals surface area contributed by atoms with Gasteiger partial charge in [0.1, 0.15) is 5.82 Å². The lowest BCUT2D eigenvalue weighted by Crippen LogP contribution is -2.38. The number of carbonyl (C=O) groups is 1. The van der Waals surface area contributed by atoms with Gasteiger partial charge in [-0.05, 0) is 57.7 Å². The van der Waals surface area contributed by atoms with E-state index >= 15 is 0 Å². The summed E-state index contributed by atoms with van der Waals surface area (Å²) in [4.78, 5) is 21.3. The first-order chi connectivity index (χ1) is 18.1. The minimum Gasteiger partial charge on any atom is -0.447 e. The number of aliphatic imine (C=N–C) groups is 1. The molecular weight excluding hydrogens is 528 g/mol. The summed E-state index contributed by atoms with van der Waals surface area (Å²) in [6, 6.07) is 5.20. The zero-order valence-corrected chi connectivity index (χ0v) is 23.2. The molecule has 4 rings (SSSR count). The summed E-state index contributed by atoms with van der Waals surface area (Å²) in [5.74, 6) is 0.745. The van der Waals surface area contributed by atoms with Crippen molar-refractivity contribution in [2.45, 2.75) is 75.8 Å². The van der Waals surface area contributed by atoms with Crippen LogP contribution in [0.1, 0.15) is 57.4 Å². The van der Waals surface area contributed by atoms with Crippen molar-refractivity contribution >= 4 is 39.4 Å². The Hall–Kier alpha value is -3.00. The summed E-state index contributed by atoms with van der Waals surface area (Å²) >= 11 is 1.50. The Morgan fingerprint density at radius 3 is 2.71 bits per heavy atom. The van der Waals surface area contributed by atoms with Gasteiger partial charge in [-0.15, -0.1) is 11.3 Å². The van der Waals surface area contributed by atoms with Gasteiger partial charge >= 0.3 is 6.09 Å². The molecule has 0 bridgehead atoms. The Balaban J connectivity index is 1.51. The molecular formula is C25H34N6O5S2. The molecule has 11 nitrogen and oxygen atoms in total. The molecule has 1 unspecified atom stereocenters. The molecule has 2 aromatic rings. The molecule has 1 aromatic heterocycles. The zero-order valence-electron chi connectivity index (χ0n) is 21.6. The first kappa shape index (κ1) is 28.0. The van der Waals surface area contributed by atoms with Gasteiger partial charge in [-0.1, -0.05) is 13.0 Å². The van der Waals surface area contributed by atoms with Gasteiger partial charge in [0.05, 0.1) is 20.9 Å². The molecule has 1 saturated carbocycles. The fraction of sp³-hybridized carbons (Fsp3) is 0.480. The van der Waals surface area contributed by atoms with Crippen LogP contribution in [0.3, 0.4) is 0 Å². The van der Waals surface area contributed by atoms with Crippen molar-refractivity contribution in [3.05, 3.63) is 41.3 Å². The largest absolute Gasteiger partial charge is 0.447 e. The summed E-state index contributed by atoms with van der Waals surface area (Å²) in [5, 5.41) is 19.4. The number of aliphatic hydroxyl groups is 1. The fourth-order valence-electron chi connectivity index (χ4n) is 4.45. The molecule has 0 radical (unpaired) electrons. The summed E-state index contributed by atoms with van der Waals surface area (Å²) in [6.07, 6.45) is 6.65. The fourth-order valence-corrected chi connectivity index (χ4v) is 6.93. The van der Waals surface area contributed by atoms with Crippen molar-refractivity contribution < 1.29 is 23.1 Å². The van der Waals surface area contributed by atoms with Crippen LogP contribution in [0.4, 0.5) is 10.5 Å². The van der Waals surface area contributed by atoms with Crippen LogP contribution in [0.25, 0.3) is 10.4 Å². The lowest BCUT2D eigenvalue weighted by Gasteiger charge is -2.28. The average molecular weight is 563 g/mol. The number of aliphatic hydroxyl groups excluding tert-OH is 1. The highest BCUT2D eigenvalue weighted by Gasteiger charge is 2.27. The van der Waals surface area contributed by atoms with E-state index in [1.807, 2.05) is 13.8 Å². The van der Waals surface area contributed by atoms with E-state index in [-0.39, 0.29) is 35.6 Å². The molecule has 2 aliphatic rings. The van der Waals surface area contributed by atoms with Crippen LogP contribution >= 0.6 is 11.3 Å². The number of alkyl carbamates (subject to hydrolysis) is 1. The molecule has 2 heterocycles. The molecule has 5 N–H and O–H groups in total. The van der Waals surface area contributed by atoms with Crippen molar-refractivity contribution in [3.63, 3.8) is 0 Å². The molecule has 38 heavy (non-hydrogen) atoms. The lowest BCUT2D eigenvalue weighted by atomic mass is 9.86. The van der Waals surface area contributed by atoms with Crippen molar-refractivity contribution in [1.82, 2.24) is 20.3 Å². The predicted molar refractivity (Wildman–Crippen MR) is 148 cm³/mol. The number of sulfonamides is 1. The second kappa shape index (κ2) is 12.2. The van der Waals surface area contributed by atoms with E-state index in [1.165, 1.54) is 17.6 Å². The molecule has 206 valence electrons. The van der Waals surface area contributed by atoms with E-state index in [2.05, 4.69) is 30.6 Å². The number of anilines is 1. The number of rotatable bonds is 9. The topological polar surface area (TPSA) is 154 Å². The SMILES string of the molecule is CCNS(=O)(=O)c1cc(NC2=CC=NC(O)N2)ccc1-c1cnc(C2CCC(NC(=O)OC(C)C)CC2)s1. The number of ether oxygens (including phenoxy) is 1. The maximum absolute atomic E-state index is 13.1. The van der Waals surface area contributed by atoms with Gasteiger partial charge in [-0.3, -0.25) is 0 Å². The Morgan fingerprint density at radius 2 is 2.03 bits per heavy atom. The van der Waals surface area contributed by atoms with Gasteiger partial charge in [-0.25, -0.2) is 27.9 Å². The van der Waals surface area contributed by atoms with Crippen LogP contribution in [-0.4, -0.2) is 55.9 Å². The third-order valence-corrected chi connectivity index (χ3v) is 8.95. The van der Waals surface area contributed by atoms with Crippen LogP contribution in [0.15, 0.2) is 46.2 Å². The van der Waals surface area contributed by atoms with Crippen molar-refractivity contribution in [2.75, 3.05) is 11.9 Å². The van der Waals surface area contributed by atoms with Gasteiger partial charge in [0.25, 0.3) is 0 Å². The van der Waals surface area contributed by atoms with E-state index in [0.717, 1.165) is 35.6 Å². The maximum Gasteiger partial charge on any atom is 0.407 e. The number of hydrogen-bond acceptors (Lipinski definition) is 10. The third kappa shape index (κ3) is 7.10. The van der Waals surface area contributed by atoms with Crippen molar-refractivity contribution in [1.29, 1.82) is 0 Å².